The summed E-state index contributed by atoms with van der Waals surface area (Å²) >= 11 is 0. The van der Waals surface area contributed by atoms with Gasteiger partial charge in [0.05, 0.1) is 11.8 Å². The molecule has 2 bridgehead atoms. The van der Waals surface area contributed by atoms with Crippen LogP contribution in [-0.4, -0.2) is 43.6 Å². The lowest BCUT2D eigenvalue weighted by molar-refractivity contribution is -0.132. The Hall–Kier alpha value is -2.32. The average molecular weight is 491 g/mol. The second-order valence-corrected chi connectivity index (χ2v) is 11.3. The summed E-state index contributed by atoms with van der Waals surface area (Å²) in [5.74, 6) is -1.11. The first-order valence-electron chi connectivity index (χ1n) is 12.1. The molecule has 1 fully saturated rings. The van der Waals surface area contributed by atoms with Crippen molar-refractivity contribution in [3.63, 3.8) is 0 Å². The first-order valence-corrected chi connectivity index (χ1v) is 13.8. The van der Waals surface area contributed by atoms with Crippen LogP contribution in [0.25, 0.3) is 11.1 Å². The molecule has 0 radical (unpaired) electrons. The predicted molar refractivity (Wildman–Crippen MR) is 129 cm³/mol. The molecule has 2 unspecified atom stereocenters. The van der Waals surface area contributed by atoms with E-state index in [1.54, 1.807) is 6.92 Å². The first kappa shape index (κ1) is 24.8. The number of amides is 1. The van der Waals surface area contributed by atoms with Gasteiger partial charge in [-0.2, -0.15) is 0 Å². The van der Waals surface area contributed by atoms with E-state index in [4.69, 9.17) is 0 Å². The van der Waals surface area contributed by atoms with Gasteiger partial charge in [-0.25, -0.2) is 21.9 Å². The monoisotopic (exact) mass is 490 g/mol. The summed E-state index contributed by atoms with van der Waals surface area (Å²) in [4.78, 5) is 14.9. The van der Waals surface area contributed by atoms with Gasteiger partial charge in [-0.05, 0) is 67.3 Å². The highest BCUT2D eigenvalue weighted by Gasteiger charge is 2.38. The lowest BCUT2D eigenvalue weighted by Gasteiger charge is -2.29. The number of rotatable bonds is 3. The number of benzene rings is 2. The van der Waals surface area contributed by atoms with Gasteiger partial charge < -0.3 is 4.90 Å². The average Bonchev–Trinajstić information content (AvgIpc) is 3.17. The minimum atomic E-state index is -3.43. The van der Waals surface area contributed by atoms with E-state index >= 15 is 0 Å². The molecule has 1 amide bonds. The maximum atomic E-state index is 14.7. The van der Waals surface area contributed by atoms with Crippen molar-refractivity contribution in [2.75, 3.05) is 12.3 Å². The van der Waals surface area contributed by atoms with E-state index in [9.17, 15) is 22.0 Å². The summed E-state index contributed by atoms with van der Waals surface area (Å²) in [6.07, 6.45) is 5.15. The molecule has 0 aliphatic carbocycles. The molecule has 184 valence electrons. The molecule has 5 nitrogen and oxygen atoms in total. The number of carbonyl (C=O) groups is 1. The Morgan fingerprint density at radius 2 is 1.82 bits per heavy atom. The molecule has 0 spiro atoms. The quantitative estimate of drug-likeness (QED) is 0.685. The second-order valence-electron chi connectivity index (χ2n) is 9.30. The summed E-state index contributed by atoms with van der Waals surface area (Å²) in [6.45, 7) is 2.11. The maximum Gasteiger partial charge on any atom is 0.222 e. The minimum absolute atomic E-state index is 0.0203. The zero-order valence-corrected chi connectivity index (χ0v) is 20.3. The van der Waals surface area contributed by atoms with Gasteiger partial charge in [-0.3, -0.25) is 4.79 Å². The maximum absolute atomic E-state index is 14.7. The highest BCUT2D eigenvalue weighted by atomic mass is 32.2. The van der Waals surface area contributed by atoms with Crippen molar-refractivity contribution < 1.29 is 22.0 Å². The van der Waals surface area contributed by atoms with Crippen LogP contribution in [0, 0.1) is 11.6 Å². The van der Waals surface area contributed by atoms with E-state index in [0.29, 0.717) is 43.4 Å². The fourth-order valence-electron chi connectivity index (χ4n) is 5.16. The van der Waals surface area contributed by atoms with E-state index in [-0.39, 0.29) is 23.7 Å². The summed E-state index contributed by atoms with van der Waals surface area (Å²) < 4.78 is 56.3. The van der Waals surface area contributed by atoms with Crippen LogP contribution in [0.15, 0.2) is 36.4 Å². The number of fused-ring (bicyclic) bond motifs is 5. The van der Waals surface area contributed by atoms with Crippen LogP contribution >= 0.6 is 0 Å². The summed E-state index contributed by atoms with van der Waals surface area (Å²) in [5, 5.41) is 0. The number of halogens is 2. The number of carbonyl (C=O) groups excluding carboxylic acids is 1. The van der Waals surface area contributed by atoms with Gasteiger partial charge in [-0.15, -0.1) is 0 Å². The van der Waals surface area contributed by atoms with Crippen LogP contribution in [0.2, 0.25) is 0 Å². The summed E-state index contributed by atoms with van der Waals surface area (Å²) in [5.41, 5.74) is 2.69. The molecular weight excluding hydrogens is 458 g/mol. The molecule has 2 aliphatic rings. The van der Waals surface area contributed by atoms with Crippen LogP contribution < -0.4 is 4.72 Å². The molecule has 1 saturated heterocycles. The number of nitrogens with zero attached hydrogens (tertiary/aromatic N) is 1. The number of hydrogen-bond acceptors (Lipinski definition) is 3. The normalized spacial score (nSPS) is 22.0. The Morgan fingerprint density at radius 1 is 1.06 bits per heavy atom. The van der Waals surface area contributed by atoms with E-state index in [1.165, 1.54) is 6.07 Å². The van der Waals surface area contributed by atoms with Gasteiger partial charge in [0.2, 0.25) is 15.9 Å². The third-order valence-electron chi connectivity index (χ3n) is 6.99. The summed E-state index contributed by atoms with van der Waals surface area (Å²) in [6, 6.07) is 9.17. The van der Waals surface area contributed by atoms with Gasteiger partial charge in [0.25, 0.3) is 0 Å². The van der Waals surface area contributed by atoms with Gasteiger partial charge in [0, 0.05) is 25.1 Å². The molecule has 8 heteroatoms. The Labute approximate surface area is 200 Å². The number of sulfonamides is 1. The molecule has 2 aromatic carbocycles. The Balaban J connectivity index is 1.73. The Kier molecular flexibility index (Phi) is 7.67. The van der Waals surface area contributed by atoms with Crippen LogP contribution in [0.1, 0.15) is 56.6 Å². The zero-order chi connectivity index (χ0) is 24.3. The minimum Gasteiger partial charge on any atom is -0.338 e. The van der Waals surface area contributed by atoms with Gasteiger partial charge in [0.15, 0.2) is 0 Å². The topological polar surface area (TPSA) is 66.5 Å². The highest BCUT2D eigenvalue weighted by molar-refractivity contribution is 7.89. The van der Waals surface area contributed by atoms with Crippen molar-refractivity contribution in [2.45, 2.75) is 70.4 Å². The van der Waals surface area contributed by atoms with Crippen molar-refractivity contribution in [1.29, 1.82) is 0 Å². The lowest BCUT2D eigenvalue weighted by atomic mass is 9.92. The fourth-order valence-corrected chi connectivity index (χ4v) is 6.07. The van der Waals surface area contributed by atoms with E-state index in [1.807, 2.05) is 29.2 Å². The third kappa shape index (κ3) is 5.66. The van der Waals surface area contributed by atoms with E-state index < -0.39 is 21.7 Å². The van der Waals surface area contributed by atoms with Crippen molar-refractivity contribution in [3.8, 4) is 11.1 Å². The van der Waals surface area contributed by atoms with Crippen LogP contribution in [0.3, 0.4) is 0 Å². The van der Waals surface area contributed by atoms with Gasteiger partial charge in [0.1, 0.15) is 11.6 Å². The largest absolute Gasteiger partial charge is 0.338 e. The smallest absolute Gasteiger partial charge is 0.222 e. The molecule has 2 aromatic rings. The molecule has 2 atom stereocenters. The molecule has 2 aliphatic heterocycles. The molecule has 4 rings (SSSR count). The van der Waals surface area contributed by atoms with Gasteiger partial charge >= 0.3 is 0 Å². The molecule has 1 N–H and O–H groups in total. The molecule has 2 heterocycles. The van der Waals surface area contributed by atoms with Crippen LogP contribution in [0.5, 0.6) is 0 Å². The third-order valence-corrected chi connectivity index (χ3v) is 8.41. The van der Waals surface area contributed by atoms with E-state index in [0.717, 1.165) is 42.9 Å². The standard InChI is InChI=1S/C26H32F2N2O3S/c1-2-34(32,33)29-24-12-13-30-25(24)15-18-8-7-9-19(14-18)22-16-20(27)17-23(28)21(22)10-5-3-4-6-11-26(30)31/h7-9,14,16-17,24-25,29H,2-6,10-13,15H2,1H3. The first-order chi connectivity index (χ1) is 16.3. The molecule has 34 heavy (non-hydrogen) atoms. The van der Waals surface area contributed by atoms with Gasteiger partial charge in [-0.1, -0.05) is 37.1 Å². The highest BCUT2D eigenvalue weighted by Crippen LogP contribution is 2.31. The predicted octanol–water partition coefficient (Wildman–Crippen LogP) is 4.59. The van der Waals surface area contributed by atoms with Crippen LogP contribution in [0.4, 0.5) is 8.78 Å². The second kappa shape index (κ2) is 10.5. The van der Waals surface area contributed by atoms with Crippen molar-refractivity contribution in [1.82, 2.24) is 9.62 Å². The zero-order valence-electron chi connectivity index (χ0n) is 19.5. The Morgan fingerprint density at radius 3 is 2.59 bits per heavy atom. The van der Waals surface area contributed by atoms with Crippen LogP contribution in [-0.2, 0) is 27.7 Å². The Bertz CT molecular complexity index is 1150. The number of nitrogens with one attached hydrogen (secondary N) is 1. The molecular formula is C26H32F2N2O3S. The summed E-state index contributed by atoms with van der Waals surface area (Å²) in [7, 11) is -3.43. The van der Waals surface area contributed by atoms with Crippen molar-refractivity contribution in [2.24, 2.45) is 0 Å². The molecule has 0 saturated carbocycles. The van der Waals surface area contributed by atoms with Crippen molar-refractivity contribution in [3.05, 3.63) is 59.2 Å². The number of hydrogen-bond donors (Lipinski definition) is 1. The molecule has 0 aromatic heterocycles. The fraction of sp³-hybridized carbons (Fsp3) is 0.500. The SMILES string of the molecule is CCS(=O)(=O)NC1CCN2C(=O)CCCCCCc3c(F)cc(F)cc3-c3cccc(c3)CC12. The van der Waals surface area contributed by atoms with Crippen molar-refractivity contribution >= 4 is 15.9 Å². The lowest BCUT2D eigenvalue weighted by Crippen LogP contribution is -2.48. The van der Waals surface area contributed by atoms with E-state index in [2.05, 4.69) is 4.72 Å².